The highest BCUT2D eigenvalue weighted by Crippen LogP contribution is 2.21. The van der Waals surface area contributed by atoms with Crippen molar-refractivity contribution in [1.29, 1.82) is 0 Å². The van der Waals surface area contributed by atoms with E-state index in [9.17, 15) is 18.4 Å². The highest BCUT2D eigenvalue weighted by molar-refractivity contribution is 5.81. The number of rotatable bonds is 6. The first-order valence-electron chi connectivity index (χ1n) is 7.33. The lowest BCUT2D eigenvalue weighted by Gasteiger charge is -2.34. The van der Waals surface area contributed by atoms with Gasteiger partial charge < -0.3 is 14.9 Å². The minimum atomic E-state index is -2.61. The summed E-state index contributed by atoms with van der Waals surface area (Å²) in [5.74, 6) is -0.713. The summed E-state index contributed by atoms with van der Waals surface area (Å²) in [5.41, 5.74) is 0. The fraction of sp³-hybridized carbons (Fsp3) is 0.857. The van der Waals surface area contributed by atoms with Gasteiger partial charge in [-0.2, -0.15) is 0 Å². The summed E-state index contributed by atoms with van der Waals surface area (Å²) >= 11 is 0. The van der Waals surface area contributed by atoms with Crippen molar-refractivity contribution in [2.45, 2.75) is 33.1 Å². The van der Waals surface area contributed by atoms with Crippen molar-refractivity contribution < 1.29 is 23.5 Å². The molecular formula is C14H24F2N2O3. The van der Waals surface area contributed by atoms with Crippen LogP contribution >= 0.6 is 0 Å². The Labute approximate surface area is 123 Å². The van der Waals surface area contributed by atoms with Crippen molar-refractivity contribution in [2.24, 2.45) is 11.8 Å². The number of piperidine rings is 1. The molecule has 1 fully saturated rings. The zero-order valence-electron chi connectivity index (χ0n) is 12.6. The second kappa shape index (κ2) is 8.26. The Morgan fingerprint density at radius 2 is 1.86 bits per heavy atom. The highest BCUT2D eigenvalue weighted by atomic mass is 19.3. The largest absolute Gasteiger partial charge is 0.395 e. The molecule has 0 radical (unpaired) electrons. The Balaban J connectivity index is 2.55. The summed E-state index contributed by atoms with van der Waals surface area (Å²) < 4.78 is 24.9. The highest BCUT2D eigenvalue weighted by Gasteiger charge is 2.31. The van der Waals surface area contributed by atoms with Crippen molar-refractivity contribution >= 4 is 11.8 Å². The molecule has 0 bridgehead atoms. The SMILES string of the molecule is CC(C)C(=O)N1CCC(C(=O)N(CCO)CC(F)F)CC1. The molecule has 5 nitrogen and oxygen atoms in total. The van der Waals surface area contributed by atoms with Gasteiger partial charge in [0.25, 0.3) is 6.43 Å². The molecule has 1 saturated heterocycles. The Morgan fingerprint density at radius 1 is 1.29 bits per heavy atom. The van der Waals surface area contributed by atoms with E-state index in [4.69, 9.17) is 5.11 Å². The van der Waals surface area contributed by atoms with E-state index >= 15 is 0 Å². The van der Waals surface area contributed by atoms with Crippen LogP contribution < -0.4 is 0 Å². The Morgan fingerprint density at radius 3 is 2.29 bits per heavy atom. The van der Waals surface area contributed by atoms with Gasteiger partial charge in [-0.05, 0) is 12.8 Å². The van der Waals surface area contributed by atoms with Gasteiger partial charge in [-0.25, -0.2) is 8.78 Å². The third-order valence-electron chi connectivity index (χ3n) is 3.69. The van der Waals surface area contributed by atoms with E-state index in [0.29, 0.717) is 25.9 Å². The number of hydrogen-bond donors (Lipinski definition) is 1. The second-order valence-electron chi connectivity index (χ2n) is 5.65. The van der Waals surface area contributed by atoms with E-state index in [1.807, 2.05) is 13.8 Å². The summed E-state index contributed by atoms with van der Waals surface area (Å²) in [7, 11) is 0. The first-order valence-corrected chi connectivity index (χ1v) is 7.33. The molecule has 0 aromatic heterocycles. The number of nitrogens with zero attached hydrogens (tertiary/aromatic N) is 2. The Kier molecular flexibility index (Phi) is 7.01. The molecule has 1 rings (SSSR count). The van der Waals surface area contributed by atoms with Crippen LogP contribution in [-0.2, 0) is 9.59 Å². The first-order chi connectivity index (χ1) is 9.86. The number of aliphatic hydroxyl groups is 1. The number of carbonyl (C=O) groups excluding carboxylic acids is 2. The predicted molar refractivity (Wildman–Crippen MR) is 73.8 cm³/mol. The zero-order valence-corrected chi connectivity index (χ0v) is 12.6. The average Bonchev–Trinajstić information content (AvgIpc) is 2.45. The molecule has 0 aliphatic carbocycles. The zero-order chi connectivity index (χ0) is 16.0. The number of likely N-dealkylation sites (tertiary alicyclic amines) is 1. The van der Waals surface area contributed by atoms with Crippen LogP contribution in [0.1, 0.15) is 26.7 Å². The molecular weight excluding hydrogens is 282 g/mol. The molecule has 0 aromatic carbocycles. The molecule has 0 spiro atoms. The minimum absolute atomic E-state index is 0.0562. The molecule has 1 N–H and O–H groups in total. The molecule has 2 amide bonds. The normalized spacial score (nSPS) is 16.6. The number of aliphatic hydroxyl groups excluding tert-OH is 1. The Bertz CT molecular complexity index is 356. The molecule has 1 heterocycles. The van der Waals surface area contributed by atoms with Crippen LogP contribution in [0.25, 0.3) is 0 Å². The van der Waals surface area contributed by atoms with Gasteiger partial charge >= 0.3 is 0 Å². The van der Waals surface area contributed by atoms with E-state index < -0.39 is 13.0 Å². The third kappa shape index (κ3) is 5.22. The number of hydrogen-bond acceptors (Lipinski definition) is 3. The quantitative estimate of drug-likeness (QED) is 0.795. The van der Waals surface area contributed by atoms with E-state index in [1.54, 1.807) is 4.90 Å². The van der Waals surface area contributed by atoms with Crippen LogP contribution in [0.15, 0.2) is 0 Å². The van der Waals surface area contributed by atoms with Crippen LogP contribution in [0.5, 0.6) is 0 Å². The van der Waals surface area contributed by atoms with E-state index in [-0.39, 0.29) is 36.8 Å². The topological polar surface area (TPSA) is 60.9 Å². The molecule has 0 unspecified atom stereocenters. The van der Waals surface area contributed by atoms with Crippen molar-refractivity contribution in [3.8, 4) is 0 Å². The summed E-state index contributed by atoms with van der Waals surface area (Å²) in [6, 6.07) is 0. The fourth-order valence-electron chi connectivity index (χ4n) is 2.55. The van der Waals surface area contributed by atoms with Crippen molar-refractivity contribution in [2.75, 3.05) is 32.8 Å². The first kappa shape index (κ1) is 17.8. The lowest BCUT2D eigenvalue weighted by Crippen LogP contribution is -2.47. The molecule has 7 heteroatoms. The summed E-state index contributed by atoms with van der Waals surface area (Å²) in [5, 5.41) is 8.88. The number of halogens is 2. The van der Waals surface area contributed by atoms with Gasteiger partial charge in [0.05, 0.1) is 13.2 Å². The summed E-state index contributed by atoms with van der Waals surface area (Å²) in [4.78, 5) is 26.8. The molecule has 1 aliphatic heterocycles. The van der Waals surface area contributed by atoms with Crippen LogP contribution in [0.4, 0.5) is 8.78 Å². The van der Waals surface area contributed by atoms with Crippen LogP contribution in [0, 0.1) is 11.8 Å². The smallest absolute Gasteiger partial charge is 0.255 e. The lowest BCUT2D eigenvalue weighted by molar-refractivity contribution is -0.143. The third-order valence-corrected chi connectivity index (χ3v) is 3.69. The summed E-state index contributed by atoms with van der Waals surface area (Å²) in [6.45, 7) is 3.56. The maximum atomic E-state index is 12.5. The molecule has 0 saturated carbocycles. The molecule has 122 valence electrons. The van der Waals surface area contributed by atoms with E-state index in [0.717, 1.165) is 4.90 Å². The average molecular weight is 306 g/mol. The van der Waals surface area contributed by atoms with Crippen molar-refractivity contribution in [1.82, 2.24) is 9.80 Å². The Hall–Kier alpha value is -1.24. The van der Waals surface area contributed by atoms with E-state index in [2.05, 4.69) is 0 Å². The second-order valence-corrected chi connectivity index (χ2v) is 5.65. The number of amides is 2. The standard InChI is InChI=1S/C14H24F2N2O3/c1-10(2)13(20)17-5-3-11(4-6-17)14(21)18(7-8-19)9-12(15)16/h10-12,19H,3-9H2,1-2H3. The van der Waals surface area contributed by atoms with Crippen LogP contribution in [-0.4, -0.2) is 65.9 Å². The van der Waals surface area contributed by atoms with Gasteiger partial charge in [-0.1, -0.05) is 13.8 Å². The van der Waals surface area contributed by atoms with Crippen molar-refractivity contribution in [3.05, 3.63) is 0 Å². The van der Waals surface area contributed by atoms with Gasteiger partial charge in [0.15, 0.2) is 0 Å². The van der Waals surface area contributed by atoms with Gasteiger partial charge in [-0.15, -0.1) is 0 Å². The predicted octanol–water partition coefficient (Wildman–Crippen LogP) is 0.967. The van der Waals surface area contributed by atoms with Gasteiger partial charge in [0, 0.05) is 31.5 Å². The van der Waals surface area contributed by atoms with Gasteiger partial charge in [0.1, 0.15) is 0 Å². The minimum Gasteiger partial charge on any atom is -0.395 e. The lowest BCUT2D eigenvalue weighted by atomic mass is 9.94. The summed E-state index contributed by atoms with van der Waals surface area (Å²) in [6.07, 6.45) is -1.63. The van der Waals surface area contributed by atoms with Crippen molar-refractivity contribution in [3.63, 3.8) is 0 Å². The van der Waals surface area contributed by atoms with Crippen LogP contribution in [0.2, 0.25) is 0 Å². The number of carbonyl (C=O) groups is 2. The number of alkyl halides is 2. The maximum absolute atomic E-state index is 12.5. The van der Waals surface area contributed by atoms with E-state index in [1.165, 1.54) is 0 Å². The van der Waals surface area contributed by atoms with Crippen LogP contribution in [0.3, 0.4) is 0 Å². The molecule has 1 aliphatic rings. The van der Waals surface area contributed by atoms with Gasteiger partial charge in [0.2, 0.25) is 11.8 Å². The molecule has 0 atom stereocenters. The van der Waals surface area contributed by atoms with Gasteiger partial charge in [-0.3, -0.25) is 9.59 Å². The molecule has 0 aromatic rings. The monoisotopic (exact) mass is 306 g/mol. The fourth-order valence-corrected chi connectivity index (χ4v) is 2.55. The maximum Gasteiger partial charge on any atom is 0.255 e. The molecule has 21 heavy (non-hydrogen) atoms.